The summed E-state index contributed by atoms with van der Waals surface area (Å²) in [6.45, 7) is 3.66. The fraction of sp³-hybridized carbons (Fsp3) is 0.231. The fourth-order valence-electron chi connectivity index (χ4n) is 1.55. The highest BCUT2D eigenvalue weighted by atomic mass is 35.5. The van der Waals surface area contributed by atoms with E-state index in [0.29, 0.717) is 10.7 Å². The summed E-state index contributed by atoms with van der Waals surface area (Å²) in [5.74, 6) is -0.384. The van der Waals surface area contributed by atoms with Gasteiger partial charge >= 0.3 is 6.03 Å². The van der Waals surface area contributed by atoms with Crippen molar-refractivity contribution in [2.75, 3.05) is 10.6 Å². The number of carbonyl (C=O) groups excluding carboxylic acids is 2. The van der Waals surface area contributed by atoms with Gasteiger partial charge in [0.1, 0.15) is 0 Å². The number of carbonyl (C=O) groups is 2. The van der Waals surface area contributed by atoms with Crippen LogP contribution < -0.4 is 16.0 Å². The maximum atomic E-state index is 11.9. The van der Waals surface area contributed by atoms with Crippen LogP contribution in [0.5, 0.6) is 0 Å². The van der Waals surface area contributed by atoms with Crippen molar-refractivity contribution in [3.63, 3.8) is 0 Å². The number of hydrogen-bond acceptors (Lipinski definition) is 5. The lowest BCUT2D eigenvalue weighted by Gasteiger charge is -2.08. The highest BCUT2D eigenvalue weighted by Gasteiger charge is 2.18. The minimum atomic E-state index is -0.494. The zero-order valence-corrected chi connectivity index (χ0v) is 13.5. The first-order valence-corrected chi connectivity index (χ1v) is 7.57. The van der Waals surface area contributed by atoms with Crippen molar-refractivity contribution in [3.8, 4) is 0 Å². The normalized spacial score (nSPS) is 10.4. The third kappa shape index (κ3) is 4.40. The van der Waals surface area contributed by atoms with E-state index in [0.717, 1.165) is 11.5 Å². The number of halogens is 1. The monoisotopic (exact) mass is 339 g/mol. The third-order valence-corrected chi connectivity index (χ3v) is 3.35. The smallest absolute Gasteiger partial charge is 0.324 e. The number of aromatic nitrogens is 2. The Kier molecular flexibility index (Phi) is 5.29. The molecule has 2 rings (SSSR count). The number of hydrogen-bond donors (Lipinski definition) is 3. The summed E-state index contributed by atoms with van der Waals surface area (Å²) in [7, 11) is 0. The van der Waals surface area contributed by atoms with Crippen LogP contribution in [0.2, 0.25) is 5.02 Å². The molecule has 9 heteroatoms. The van der Waals surface area contributed by atoms with E-state index in [1.165, 1.54) is 0 Å². The largest absolute Gasteiger partial charge is 0.348 e. The molecule has 0 saturated carbocycles. The van der Waals surface area contributed by atoms with Crippen LogP contribution in [0.15, 0.2) is 24.3 Å². The van der Waals surface area contributed by atoms with Crippen LogP contribution in [0, 0.1) is 0 Å². The number of anilines is 2. The summed E-state index contributed by atoms with van der Waals surface area (Å²) in [5.41, 5.74) is 0.664. The molecule has 0 bridgehead atoms. The molecule has 3 N–H and O–H groups in total. The van der Waals surface area contributed by atoms with Gasteiger partial charge in [-0.15, -0.1) is 5.10 Å². The number of nitrogens with one attached hydrogen (secondary N) is 3. The lowest BCUT2D eigenvalue weighted by molar-refractivity contribution is 0.0939. The second-order valence-electron chi connectivity index (χ2n) is 4.66. The summed E-state index contributed by atoms with van der Waals surface area (Å²) in [5, 5.41) is 12.5. The Balaban J connectivity index is 2.01. The van der Waals surface area contributed by atoms with Crippen LogP contribution >= 0.6 is 23.1 Å². The molecule has 0 aliphatic carbocycles. The first kappa shape index (κ1) is 16.2. The van der Waals surface area contributed by atoms with Gasteiger partial charge in [0.25, 0.3) is 5.91 Å². The molecule has 0 saturated heterocycles. The Bertz CT molecular complexity index is 671. The third-order valence-electron chi connectivity index (χ3n) is 2.45. The van der Waals surface area contributed by atoms with Crippen molar-refractivity contribution in [1.82, 2.24) is 14.9 Å². The van der Waals surface area contributed by atoms with Crippen molar-refractivity contribution in [2.45, 2.75) is 19.9 Å². The first-order valence-electron chi connectivity index (χ1n) is 6.42. The Labute approximate surface area is 136 Å². The van der Waals surface area contributed by atoms with Gasteiger partial charge in [-0.3, -0.25) is 10.1 Å². The van der Waals surface area contributed by atoms with E-state index >= 15 is 0 Å². The number of urea groups is 1. The van der Waals surface area contributed by atoms with Crippen molar-refractivity contribution in [1.29, 1.82) is 0 Å². The van der Waals surface area contributed by atoms with Gasteiger partial charge in [0, 0.05) is 28.3 Å². The second-order valence-corrected chi connectivity index (χ2v) is 5.86. The lowest BCUT2D eigenvalue weighted by atomic mass is 10.3. The number of rotatable bonds is 4. The molecule has 116 valence electrons. The predicted molar refractivity (Wildman–Crippen MR) is 86.6 cm³/mol. The molecule has 22 heavy (non-hydrogen) atoms. The average Bonchev–Trinajstić information content (AvgIpc) is 2.88. The van der Waals surface area contributed by atoms with Crippen LogP contribution in [0.4, 0.5) is 15.5 Å². The minimum absolute atomic E-state index is 0.0371. The summed E-state index contributed by atoms with van der Waals surface area (Å²) in [6, 6.07) is 6.12. The molecule has 0 radical (unpaired) electrons. The topological polar surface area (TPSA) is 96.0 Å². The van der Waals surface area contributed by atoms with E-state index in [2.05, 4.69) is 25.5 Å². The number of benzene rings is 1. The molecule has 1 heterocycles. The molecule has 0 fully saturated rings. The highest BCUT2D eigenvalue weighted by Crippen LogP contribution is 2.19. The molecule has 7 nitrogen and oxygen atoms in total. The molecule has 0 atom stereocenters. The Morgan fingerprint density at radius 2 is 1.86 bits per heavy atom. The predicted octanol–water partition coefficient (Wildman–Crippen LogP) is 2.97. The molecule has 1 aromatic heterocycles. The molecule has 0 aliphatic rings. The summed E-state index contributed by atoms with van der Waals surface area (Å²) in [6.07, 6.45) is 0. The van der Waals surface area contributed by atoms with Crippen molar-refractivity contribution in [2.24, 2.45) is 0 Å². The van der Waals surface area contributed by atoms with Crippen LogP contribution in [-0.2, 0) is 0 Å². The molecule has 0 unspecified atom stereocenters. The van der Waals surface area contributed by atoms with Crippen molar-refractivity contribution < 1.29 is 9.59 Å². The van der Waals surface area contributed by atoms with Gasteiger partial charge in [-0.25, -0.2) is 4.79 Å². The van der Waals surface area contributed by atoms with Gasteiger partial charge in [0.15, 0.2) is 10.7 Å². The SMILES string of the molecule is CC(C)NC(=O)c1nnsc1NC(=O)Nc1ccc(Cl)cc1. The maximum absolute atomic E-state index is 11.9. The standard InChI is InChI=1S/C13H14ClN5O2S/c1-7(2)15-11(20)10-12(22-19-18-10)17-13(21)16-9-5-3-8(14)4-6-9/h3-7H,1-2H3,(H,15,20)(H2,16,17,21). The van der Waals surface area contributed by atoms with Crippen molar-refractivity contribution in [3.05, 3.63) is 35.0 Å². The molecule has 1 aromatic carbocycles. The van der Waals surface area contributed by atoms with Crippen LogP contribution in [0.3, 0.4) is 0 Å². The fourth-order valence-corrected chi connectivity index (χ4v) is 2.24. The van der Waals surface area contributed by atoms with E-state index in [1.54, 1.807) is 24.3 Å². The molecular formula is C13H14ClN5O2S. The van der Waals surface area contributed by atoms with Crippen LogP contribution in [-0.4, -0.2) is 27.6 Å². The van der Waals surface area contributed by atoms with E-state index < -0.39 is 6.03 Å². The summed E-state index contributed by atoms with van der Waals surface area (Å²) in [4.78, 5) is 23.8. The van der Waals surface area contributed by atoms with E-state index in [1.807, 2.05) is 13.8 Å². The molecule has 2 aromatic rings. The summed E-state index contributed by atoms with van der Waals surface area (Å²) >= 11 is 6.70. The lowest BCUT2D eigenvalue weighted by Crippen LogP contribution is -2.31. The zero-order chi connectivity index (χ0) is 16.1. The quantitative estimate of drug-likeness (QED) is 0.797. The average molecular weight is 340 g/mol. The van der Waals surface area contributed by atoms with Crippen LogP contribution in [0.1, 0.15) is 24.3 Å². The Hall–Kier alpha value is -2.19. The molecule has 0 spiro atoms. The first-order chi connectivity index (χ1) is 10.5. The van der Waals surface area contributed by atoms with Gasteiger partial charge in [-0.2, -0.15) is 0 Å². The highest BCUT2D eigenvalue weighted by molar-refractivity contribution is 7.10. The van der Waals surface area contributed by atoms with Gasteiger partial charge in [0.2, 0.25) is 0 Å². The maximum Gasteiger partial charge on any atom is 0.324 e. The van der Waals surface area contributed by atoms with E-state index in [9.17, 15) is 9.59 Å². The van der Waals surface area contributed by atoms with E-state index in [-0.39, 0.29) is 22.6 Å². The van der Waals surface area contributed by atoms with Gasteiger partial charge in [-0.05, 0) is 38.1 Å². The number of nitrogens with zero attached hydrogens (tertiary/aromatic N) is 2. The van der Waals surface area contributed by atoms with Gasteiger partial charge < -0.3 is 10.6 Å². The van der Waals surface area contributed by atoms with Crippen LogP contribution in [0.25, 0.3) is 0 Å². The Morgan fingerprint density at radius 3 is 2.50 bits per heavy atom. The zero-order valence-electron chi connectivity index (χ0n) is 11.9. The van der Waals surface area contributed by atoms with Crippen molar-refractivity contribution >= 4 is 45.8 Å². The molecule has 3 amide bonds. The van der Waals surface area contributed by atoms with Gasteiger partial charge in [-0.1, -0.05) is 16.1 Å². The number of amides is 3. The minimum Gasteiger partial charge on any atom is -0.348 e. The van der Waals surface area contributed by atoms with E-state index in [4.69, 9.17) is 11.6 Å². The summed E-state index contributed by atoms with van der Waals surface area (Å²) < 4.78 is 3.69. The van der Waals surface area contributed by atoms with Gasteiger partial charge in [0.05, 0.1) is 0 Å². The Morgan fingerprint density at radius 1 is 1.18 bits per heavy atom. The second kappa shape index (κ2) is 7.19. The molecule has 0 aliphatic heterocycles. The molecular weight excluding hydrogens is 326 g/mol.